The fourth-order valence-corrected chi connectivity index (χ4v) is 5.35. The van der Waals surface area contributed by atoms with Crippen LogP contribution in [0.4, 0.5) is 17.6 Å². The van der Waals surface area contributed by atoms with Crippen molar-refractivity contribution in [2.75, 3.05) is 0 Å². The summed E-state index contributed by atoms with van der Waals surface area (Å²) < 4.78 is 56.6. The lowest BCUT2D eigenvalue weighted by molar-refractivity contribution is -0.136. The second kappa shape index (κ2) is 7.67. The van der Waals surface area contributed by atoms with E-state index in [1.54, 1.807) is 0 Å². The van der Waals surface area contributed by atoms with E-state index in [2.05, 4.69) is 15.3 Å². The summed E-state index contributed by atoms with van der Waals surface area (Å²) in [6, 6.07) is 3.05. The van der Waals surface area contributed by atoms with Gasteiger partial charge < -0.3 is 10.3 Å². The van der Waals surface area contributed by atoms with Crippen LogP contribution in [0.5, 0.6) is 0 Å². The first-order valence-electron chi connectivity index (χ1n) is 10.8. The number of nitrogens with zero attached hydrogens (tertiary/aromatic N) is 1. The molecule has 2 N–H and O–H groups in total. The molecule has 0 aliphatic heterocycles. The fourth-order valence-electron chi connectivity index (χ4n) is 5.35. The molecule has 2 heterocycles. The fraction of sp³-hybridized carbons (Fsp3) is 0.375. The Morgan fingerprint density at radius 3 is 2.55 bits per heavy atom. The summed E-state index contributed by atoms with van der Waals surface area (Å²) in [7, 11) is 0. The average Bonchev–Trinajstić information content (AvgIpc) is 2.68. The summed E-state index contributed by atoms with van der Waals surface area (Å²) in [6.45, 7) is 1.47. The molecule has 5 nitrogen and oxygen atoms in total. The minimum atomic E-state index is -1.16. The highest BCUT2D eigenvalue weighted by atomic mass is 19.1. The van der Waals surface area contributed by atoms with E-state index < -0.39 is 46.7 Å². The van der Waals surface area contributed by atoms with Gasteiger partial charge in [-0.15, -0.1) is 0 Å². The minimum absolute atomic E-state index is 0.123. The molecule has 2 atom stereocenters. The Balaban J connectivity index is 1.52. The van der Waals surface area contributed by atoms with Crippen LogP contribution in [-0.4, -0.2) is 15.9 Å². The smallest absolute Gasteiger partial charge is 0.255 e. The van der Waals surface area contributed by atoms with E-state index in [0.29, 0.717) is 12.0 Å². The van der Waals surface area contributed by atoms with Gasteiger partial charge >= 0.3 is 0 Å². The lowest BCUT2D eigenvalue weighted by Crippen LogP contribution is -2.53. The number of carbonyl (C=O) groups excluding carboxylic acids is 1. The molecular formula is C24H21F4N3O2. The predicted molar refractivity (Wildman–Crippen MR) is 112 cm³/mol. The third-order valence-electron chi connectivity index (χ3n) is 7.02. The number of amides is 1. The first-order chi connectivity index (χ1) is 15.7. The molecule has 2 aromatic heterocycles. The molecule has 6 rings (SSSR count). The van der Waals surface area contributed by atoms with Crippen molar-refractivity contribution in [1.29, 1.82) is 0 Å². The van der Waals surface area contributed by atoms with Crippen LogP contribution in [0.1, 0.15) is 55.8 Å². The number of fused-ring (bicyclic) bond motifs is 1. The highest BCUT2D eigenvalue weighted by Crippen LogP contribution is 2.67. The normalized spacial score (nSPS) is 22.9. The van der Waals surface area contributed by atoms with Gasteiger partial charge in [-0.2, -0.15) is 0 Å². The van der Waals surface area contributed by atoms with Crippen LogP contribution in [0.25, 0.3) is 10.9 Å². The number of carbonyl (C=O) groups is 1. The van der Waals surface area contributed by atoms with Gasteiger partial charge in [-0.1, -0.05) is 0 Å². The van der Waals surface area contributed by atoms with Gasteiger partial charge in [0.05, 0.1) is 34.9 Å². The number of H-pyrrole nitrogens is 1. The van der Waals surface area contributed by atoms with Crippen molar-refractivity contribution in [3.63, 3.8) is 0 Å². The molecule has 3 aliphatic carbocycles. The molecule has 3 fully saturated rings. The number of nitrogens with one attached hydrogen (secondary N) is 2. The molecule has 0 spiro atoms. The molecule has 3 aliphatic rings. The number of hydrogen-bond acceptors (Lipinski definition) is 3. The molecule has 1 amide bonds. The molecule has 2 bridgehead atoms. The molecule has 9 heteroatoms. The van der Waals surface area contributed by atoms with Gasteiger partial charge in [0.15, 0.2) is 0 Å². The predicted octanol–water partition coefficient (Wildman–Crippen LogP) is 4.63. The van der Waals surface area contributed by atoms with Crippen molar-refractivity contribution in [2.45, 2.75) is 44.6 Å². The first-order valence-corrected chi connectivity index (χ1v) is 10.8. The van der Waals surface area contributed by atoms with E-state index in [1.807, 2.05) is 0 Å². The molecule has 1 aromatic carbocycles. The van der Waals surface area contributed by atoms with E-state index in [1.165, 1.54) is 13.0 Å². The van der Waals surface area contributed by atoms with Crippen LogP contribution >= 0.6 is 0 Å². The van der Waals surface area contributed by atoms with Crippen LogP contribution in [0.2, 0.25) is 0 Å². The Bertz CT molecular complexity index is 1320. The van der Waals surface area contributed by atoms with Gasteiger partial charge in [0.25, 0.3) is 5.56 Å². The van der Waals surface area contributed by atoms with Crippen LogP contribution in [0, 0.1) is 34.6 Å². The maximum absolute atomic E-state index is 15.5. The molecule has 0 radical (unpaired) electrons. The summed E-state index contributed by atoms with van der Waals surface area (Å²) in [4.78, 5) is 32.4. The topological polar surface area (TPSA) is 74.8 Å². The summed E-state index contributed by atoms with van der Waals surface area (Å²) in [5.41, 5.74) is -1.32. The number of hydrogen-bond donors (Lipinski definition) is 2. The van der Waals surface area contributed by atoms with Crippen LogP contribution in [0.3, 0.4) is 0 Å². The zero-order chi connectivity index (χ0) is 23.5. The highest BCUT2D eigenvalue weighted by molar-refractivity contribution is 5.87. The number of pyridine rings is 2. The quantitative estimate of drug-likeness (QED) is 0.528. The van der Waals surface area contributed by atoms with Gasteiger partial charge in [-0.3, -0.25) is 14.6 Å². The summed E-state index contributed by atoms with van der Waals surface area (Å²) in [5.74, 6) is -4.63. The lowest BCUT2D eigenvalue weighted by atomic mass is 9.42. The zero-order valence-corrected chi connectivity index (χ0v) is 17.7. The average molecular weight is 459 g/mol. The van der Waals surface area contributed by atoms with Gasteiger partial charge in [-0.25, -0.2) is 17.6 Å². The third kappa shape index (κ3) is 3.69. The number of rotatable bonds is 6. The van der Waals surface area contributed by atoms with Crippen molar-refractivity contribution in [3.05, 3.63) is 75.3 Å². The molecule has 172 valence electrons. The Kier molecular flexibility index (Phi) is 5.02. The summed E-state index contributed by atoms with van der Waals surface area (Å²) in [5, 5.41) is 2.47. The minimum Gasteiger partial charge on any atom is -0.347 e. The van der Waals surface area contributed by atoms with E-state index in [9.17, 15) is 22.8 Å². The largest absolute Gasteiger partial charge is 0.347 e. The Labute approximate surface area is 186 Å². The first kappa shape index (κ1) is 21.6. The molecule has 33 heavy (non-hydrogen) atoms. The maximum atomic E-state index is 15.5. The van der Waals surface area contributed by atoms with Crippen molar-refractivity contribution < 1.29 is 22.4 Å². The Morgan fingerprint density at radius 2 is 1.91 bits per heavy atom. The van der Waals surface area contributed by atoms with E-state index in [0.717, 1.165) is 37.6 Å². The molecule has 0 saturated heterocycles. The van der Waals surface area contributed by atoms with Crippen LogP contribution in [0.15, 0.2) is 35.3 Å². The van der Waals surface area contributed by atoms with Gasteiger partial charge in [0.1, 0.15) is 23.3 Å². The van der Waals surface area contributed by atoms with Gasteiger partial charge in [0.2, 0.25) is 5.91 Å². The van der Waals surface area contributed by atoms with Crippen LogP contribution in [-0.2, 0) is 4.79 Å². The summed E-state index contributed by atoms with van der Waals surface area (Å²) >= 11 is 0. The number of halogens is 4. The van der Waals surface area contributed by atoms with Crippen molar-refractivity contribution in [2.24, 2.45) is 11.3 Å². The molecule has 3 aromatic rings. The molecular weight excluding hydrogens is 438 g/mol. The molecule has 0 unspecified atom stereocenters. The van der Waals surface area contributed by atoms with Gasteiger partial charge in [-0.05, 0) is 62.1 Å². The third-order valence-corrected chi connectivity index (χ3v) is 7.02. The maximum Gasteiger partial charge on any atom is 0.255 e. The number of aromatic amines is 1. The van der Waals surface area contributed by atoms with E-state index >= 15 is 4.39 Å². The second-order valence-electron chi connectivity index (χ2n) is 9.36. The molecule has 3 saturated carbocycles. The monoisotopic (exact) mass is 459 g/mol. The van der Waals surface area contributed by atoms with Crippen molar-refractivity contribution >= 4 is 16.8 Å². The van der Waals surface area contributed by atoms with Crippen molar-refractivity contribution in [3.8, 4) is 0 Å². The van der Waals surface area contributed by atoms with Crippen LogP contribution < -0.4 is 10.9 Å². The van der Waals surface area contributed by atoms with Crippen molar-refractivity contribution in [1.82, 2.24) is 15.3 Å². The van der Waals surface area contributed by atoms with Gasteiger partial charge in [0, 0.05) is 11.5 Å². The summed E-state index contributed by atoms with van der Waals surface area (Å²) in [6.07, 6.45) is 3.80. The van der Waals surface area contributed by atoms with E-state index in [-0.39, 0.29) is 34.0 Å². The standard InChI is InChI=1S/C24H21F4N3O2/c1-11(21-17(27)5-14(26)10-29-21)30-22(32)16(9-24-6-12(7-24)8-24)19-20(28)15-4-13(25)2-3-18(15)31-23(19)33/h2-5,10-12,16H,6-9H2,1H3,(H,30,32)(H,31,33)/t11-,12?,16+,24?/m0/s1. The Morgan fingerprint density at radius 1 is 1.18 bits per heavy atom. The number of benzene rings is 1. The second-order valence-corrected chi connectivity index (χ2v) is 9.36. The number of aromatic nitrogens is 2. The zero-order valence-electron chi connectivity index (χ0n) is 17.7. The highest BCUT2D eigenvalue weighted by Gasteiger charge is 2.57. The lowest BCUT2D eigenvalue weighted by Gasteiger charge is -2.63. The SMILES string of the molecule is C[C@H](NC(=O)[C@H](CC12CC(C1)C2)c1c(F)c2cc(F)ccc2[nH]c1=O)c1ncc(F)cc1F. The Hall–Kier alpha value is -3.23. The van der Waals surface area contributed by atoms with E-state index in [4.69, 9.17) is 0 Å².